The lowest BCUT2D eigenvalue weighted by molar-refractivity contribution is -0.116. The molecule has 0 fully saturated rings. The number of halogens is 1. The van der Waals surface area contributed by atoms with E-state index in [0.717, 1.165) is 4.88 Å². The second kappa shape index (κ2) is 6.62. The monoisotopic (exact) mass is 363 g/mol. The van der Waals surface area contributed by atoms with Crippen LogP contribution < -0.4 is 15.6 Å². The molecule has 2 aromatic heterocycles. The third kappa shape index (κ3) is 3.27. The molecule has 1 amide bonds. The first kappa shape index (κ1) is 16.5. The molecule has 0 spiro atoms. The van der Waals surface area contributed by atoms with Crippen molar-refractivity contribution in [3.8, 4) is 5.75 Å². The number of hydrogen-bond donors (Lipinski definition) is 1. The Hall–Kier alpha value is -2.38. The molecule has 0 atom stereocenters. The summed E-state index contributed by atoms with van der Waals surface area (Å²) in [5.41, 5.74) is 0.298. The summed E-state index contributed by atoms with van der Waals surface area (Å²) in [5.74, 6) is 0.180. The minimum Gasteiger partial charge on any atom is -0.495 e. The number of hydrogen-bond acceptors (Lipinski definition) is 5. The van der Waals surface area contributed by atoms with E-state index in [1.54, 1.807) is 24.3 Å². The molecule has 2 heterocycles. The highest BCUT2D eigenvalue weighted by Crippen LogP contribution is 2.27. The summed E-state index contributed by atoms with van der Waals surface area (Å²) in [5, 5.41) is 3.62. The van der Waals surface area contributed by atoms with E-state index in [4.69, 9.17) is 16.3 Å². The number of aryl methyl sites for hydroxylation is 1. The second-order valence-corrected chi connectivity index (χ2v) is 6.79. The van der Waals surface area contributed by atoms with Gasteiger partial charge < -0.3 is 10.1 Å². The van der Waals surface area contributed by atoms with Crippen LogP contribution >= 0.6 is 22.9 Å². The highest BCUT2D eigenvalue weighted by molar-refractivity contribution is 7.18. The van der Waals surface area contributed by atoms with Crippen molar-refractivity contribution in [3.63, 3.8) is 0 Å². The molecule has 8 heteroatoms. The number of carbonyl (C=O) groups is 1. The average Bonchev–Trinajstić information content (AvgIpc) is 2.92. The molecule has 124 valence electrons. The molecule has 6 nitrogen and oxygen atoms in total. The minimum atomic E-state index is -0.341. The van der Waals surface area contributed by atoms with Gasteiger partial charge in [0.15, 0.2) is 0 Å². The predicted octanol–water partition coefficient (Wildman–Crippen LogP) is 3.07. The van der Waals surface area contributed by atoms with E-state index in [0.29, 0.717) is 26.7 Å². The van der Waals surface area contributed by atoms with Crippen molar-refractivity contribution in [2.24, 2.45) is 0 Å². The molecule has 3 rings (SSSR count). The maximum absolute atomic E-state index is 12.4. The fraction of sp³-hybridized carbons (Fsp3) is 0.188. The number of aromatic nitrogens is 2. The third-order valence-corrected chi connectivity index (χ3v) is 4.64. The smallest absolute Gasteiger partial charge is 0.262 e. The van der Waals surface area contributed by atoms with Crippen molar-refractivity contribution in [2.75, 3.05) is 12.4 Å². The van der Waals surface area contributed by atoms with Crippen molar-refractivity contribution in [2.45, 2.75) is 13.5 Å². The van der Waals surface area contributed by atoms with Crippen LogP contribution in [0.5, 0.6) is 5.75 Å². The van der Waals surface area contributed by atoms with Gasteiger partial charge in [-0.2, -0.15) is 0 Å². The van der Waals surface area contributed by atoms with E-state index in [-0.39, 0.29) is 18.0 Å². The molecule has 0 saturated heterocycles. The molecule has 0 aliphatic heterocycles. The van der Waals surface area contributed by atoms with E-state index < -0.39 is 0 Å². The van der Waals surface area contributed by atoms with Crippen LogP contribution in [-0.2, 0) is 11.3 Å². The van der Waals surface area contributed by atoms with Crippen LogP contribution in [-0.4, -0.2) is 22.6 Å². The second-order valence-electron chi connectivity index (χ2n) is 5.15. The number of fused-ring (bicyclic) bond motifs is 1. The number of ether oxygens (including phenoxy) is 1. The van der Waals surface area contributed by atoms with Gasteiger partial charge in [-0.25, -0.2) is 4.98 Å². The van der Waals surface area contributed by atoms with Crippen LogP contribution in [0, 0.1) is 6.92 Å². The Morgan fingerprint density at radius 2 is 2.21 bits per heavy atom. The number of methoxy groups -OCH3 is 1. The predicted molar refractivity (Wildman–Crippen MR) is 95.3 cm³/mol. The standard InChI is InChI=1S/C16H14ClN3O3S/c1-9-5-11-15(24-9)18-8-20(16(11)22)7-14(21)19-10-3-4-13(23-2)12(17)6-10/h3-6,8H,7H2,1-2H3,(H,19,21). The van der Waals surface area contributed by atoms with Gasteiger partial charge in [-0.05, 0) is 31.2 Å². The van der Waals surface area contributed by atoms with Crippen LogP contribution in [0.2, 0.25) is 5.02 Å². The largest absolute Gasteiger partial charge is 0.495 e. The fourth-order valence-corrected chi connectivity index (χ4v) is 3.39. The van der Waals surface area contributed by atoms with Crippen molar-refractivity contribution in [3.05, 3.63) is 50.8 Å². The van der Waals surface area contributed by atoms with Gasteiger partial charge in [-0.15, -0.1) is 11.3 Å². The zero-order valence-corrected chi connectivity index (χ0v) is 14.6. The summed E-state index contributed by atoms with van der Waals surface area (Å²) in [6.45, 7) is 1.79. The van der Waals surface area contributed by atoms with Gasteiger partial charge in [0.1, 0.15) is 17.1 Å². The van der Waals surface area contributed by atoms with E-state index in [1.165, 1.54) is 29.3 Å². The van der Waals surface area contributed by atoms with Crippen LogP contribution in [0.15, 0.2) is 35.4 Å². The van der Waals surface area contributed by atoms with Gasteiger partial charge in [0.2, 0.25) is 5.91 Å². The number of nitrogens with zero attached hydrogens (tertiary/aromatic N) is 2. The molecule has 24 heavy (non-hydrogen) atoms. The molecule has 0 unspecified atom stereocenters. The number of thiophene rings is 1. The number of anilines is 1. The van der Waals surface area contributed by atoms with Gasteiger partial charge >= 0.3 is 0 Å². The van der Waals surface area contributed by atoms with Crippen molar-refractivity contribution in [1.82, 2.24) is 9.55 Å². The molecule has 0 bridgehead atoms. The summed E-state index contributed by atoms with van der Waals surface area (Å²) in [4.78, 5) is 30.5. The fourth-order valence-electron chi connectivity index (χ4n) is 2.29. The lowest BCUT2D eigenvalue weighted by Crippen LogP contribution is -2.27. The van der Waals surface area contributed by atoms with Crippen LogP contribution in [0.25, 0.3) is 10.2 Å². The molecule has 0 aliphatic rings. The van der Waals surface area contributed by atoms with E-state index in [2.05, 4.69) is 10.3 Å². The molecular formula is C16H14ClN3O3S. The maximum atomic E-state index is 12.4. The van der Waals surface area contributed by atoms with Gasteiger partial charge in [-0.1, -0.05) is 11.6 Å². The first-order chi connectivity index (χ1) is 11.5. The summed E-state index contributed by atoms with van der Waals surface area (Å²) in [7, 11) is 1.52. The Labute approximate surface area is 146 Å². The highest BCUT2D eigenvalue weighted by Gasteiger charge is 2.11. The van der Waals surface area contributed by atoms with Crippen LogP contribution in [0.4, 0.5) is 5.69 Å². The number of benzene rings is 1. The SMILES string of the molecule is COc1ccc(NC(=O)Cn2cnc3sc(C)cc3c2=O)cc1Cl. The Morgan fingerprint density at radius 1 is 1.42 bits per heavy atom. The Balaban J connectivity index is 1.79. The van der Waals surface area contributed by atoms with E-state index >= 15 is 0 Å². The summed E-state index contributed by atoms with van der Waals surface area (Å²) < 4.78 is 6.35. The van der Waals surface area contributed by atoms with E-state index in [9.17, 15) is 9.59 Å². The molecular weight excluding hydrogens is 350 g/mol. The Kier molecular flexibility index (Phi) is 4.55. The zero-order valence-electron chi connectivity index (χ0n) is 13.0. The lowest BCUT2D eigenvalue weighted by atomic mass is 10.3. The Bertz CT molecular complexity index is 980. The lowest BCUT2D eigenvalue weighted by Gasteiger charge is -2.09. The zero-order chi connectivity index (χ0) is 17.3. The first-order valence-electron chi connectivity index (χ1n) is 7.07. The summed E-state index contributed by atoms with van der Waals surface area (Å²) in [6.07, 6.45) is 1.39. The van der Waals surface area contributed by atoms with Crippen LogP contribution in [0.3, 0.4) is 0 Å². The summed E-state index contributed by atoms with van der Waals surface area (Å²) in [6, 6.07) is 6.71. The molecule has 3 aromatic rings. The molecule has 1 aromatic carbocycles. The summed E-state index contributed by atoms with van der Waals surface area (Å²) >= 11 is 7.48. The first-order valence-corrected chi connectivity index (χ1v) is 8.26. The average molecular weight is 364 g/mol. The molecule has 0 aliphatic carbocycles. The topological polar surface area (TPSA) is 73.2 Å². The van der Waals surface area contributed by atoms with Crippen LogP contribution in [0.1, 0.15) is 4.88 Å². The number of carbonyl (C=O) groups excluding carboxylic acids is 1. The number of amides is 1. The van der Waals surface area contributed by atoms with Crippen molar-refractivity contribution < 1.29 is 9.53 Å². The number of rotatable bonds is 4. The third-order valence-electron chi connectivity index (χ3n) is 3.39. The normalized spacial score (nSPS) is 10.8. The van der Waals surface area contributed by atoms with Gasteiger partial charge in [0, 0.05) is 10.6 Å². The quantitative estimate of drug-likeness (QED) is 0.773. The van der Waals surface area contributed by atoms with Crippen molar-refractivity contribution >= 4 is 44.7 Å². The Morgan fingerprint density at radius 3 is 2.92 bits per heavy atom. The highest BCUT2D eigenvalue weighted by atomic mass is 35.5. The molecule has 0 radical (unpaired) electrons. The molecule has 1 N–H and O–H groups in total. The van der Waals surface area contributed by atoms with Crippen molar-refractivity contribution in [1.29, 1.82) is 0 Å². The minimum absolute atomic E-state index is 0.125. The van der Waals surface area contributed by atoms with Gasteiger partial charge in [0.25, 0.3) is 5.56 Å². The maximum Gasteiger partial charge on any atom is 0.262 e. The number of nitrogens with one attached hydrogen (secondary N) is 1. The van der Waals surface area contributed by atoms with Gasteiger partial charge in [0.05, 0.1) is 23.8 Å². The molecule has 0 saturated carbocycles. The van der Waals surface area contributed by atoms with E-state index in [1.807, 2.05) is 6.92 Å². The van der Waals surface area contributed by atoms with Gasteiger partial charge in [-0.3, -0.25) is 14.2 Å².